The lowest BCUT2D eigenvalue weighted by atomic mass is 9.99. The molecule has 3 aromatic heterocycles. The van der Waals surface area contributed by atoms with Gasteiger partial charge in [-0.05, 0) is 43.5 Å². The second-order valence-electron chi connectivity index (χ2n) is 8.19. The second kappa shape index (κ2) is 9.28. The van der Waals surface area contributed by atoms with Crippen molar-refractivity contribution < 1.29 is 18.5 Å². The third kappa shape index (κ3) is 4.70. The zero-order valence-electron chi connectivity index (χ0n) is 18.5. The monoisotopic (exact) mass is 445 g/mol. The Morgan fingerprint density at radius 1 is 1.19 bits per heavy atom. The first kappa shape index (κ1) is 23.1. The molecule has 0 unspecified atom stereocenters. The molecule has 0 bridgehead atoms. The van der Waals surface area contributed by atoms with E-state index in [4.69, 9.17) is 0 Å². The number of aromatic nitrogens is 3. The van der Waals surface area contributed by atoms with Gasteiger partial charge >= 0.3 is 0 Å². The molecule has 3 rings (SSSR count). The summed E-state index contributed by atoms with van der Waals surface area (Å²) >= 11 is 0. The van der Waals surface area contributed by atoms with Crippen molar-refractivity contribution in [3.05, 3.63) is 65.4 Å². The van der Waals surface area contributed by atoms with Crippen LogP contribution in [0.2, 0.25) is 0 Å². The Morgan fingerprint density at radius 2 is 1.94 bits per heavy atom. The van der Waals surface area contributed by atoms with Crippen LogP contribution in [0.4, 0.5) is 4.39 Å². The maximum atomic E-state index is 14.4. The summed E-state index contributed by atoms with van der Waals surface area (Å²) < 4.78 is 41.1. The molecule has 0 aliphatic heterocycles. The highest BCUT2D eigenvalue weighted by atomic mass is 32.2. The third-order valence-electron chi connectivity index (χ3n) is 5.28. The average Bonchev–Trinajstić information content (AvgIpc) is 3.02. The maximum Gasteiger partial charge on any atom is 0.197 e. The Balaban J connectivity index is 2.08. The summed E-state index contributed by atoms with van der Waals surface area (Å²) in [6.45, 7) is 7.96. The van der Waals surface area contributed by atoms with Crippen LogP contribution in [-0.4, -0.2) is 34.7 Å². The minimum absolute atomic E-state index is 0.0799. The van der Waals surface area contributed by atoms with Gasteiger partial charge < -0.3 is 10.3 Å². The van der Waals surface area contributed by atoms with Gasteiger partial charge in [-0.3, -0.25) is 4.98 Å². The van der Waals surface area contributed by atoms with Gasteiger partial charge in [0.05, 0.1) is 29.4 Å². The quantitative estimate of drug-likeness (QED) is 0.575. The van der Waals surface area contributed by atoms with Gasteiger partial charge in [0.1, 0.15) is 5.83 Å². The molecule has 0 aliphatic rings. The first-order valence-corrected chi connectivity index (χ1v) is 12.0. The molecule has 0 saturated carbocycles. The van der Waals surface area contributed by atoms with E-state index in [1.165, 1.54) is 6.08 Å². The van der Waals surface area contributed by atoms with Crippen LogP contribution < -0.4 is 5.73 Å². The van der Waals surface area contributed by atoms with Gasteiger partial charge in [-0.25, -0.2) is 17.8 Å². The Labute approximate surface area is 182 Å². The minimum Gasteiger partial charge on any atom is -0.354 e. The lowest BCUT2D eigenvalue weighted by Gasteiger charge is -2.15. The molecule has 8 heteroatoms. The fraction of sp³-hybridized carbons (Fsp3) is 0.391. The Kier molecular flexibility index (Phi) is 6.91. The number of rotatable bonds is 8. The SMILES string of the molecule is CC(C)c1c(Cc2ccc(S(=O)(=O)C(C)C)nc2)c2ncccc2n1C/C(F)=C/C[NH3+]. The van der Waals surface area contributed by atoms with Crippen molar-refractivity contribution in [3.8, 4) is 0 Å². The Hall–Kier alpha value is -2.58. The lowest BCUT2D eigenvalue weighted by molar-refractivity contribution is -0.353. The summed E-state index contributed by atoms with van der Waals surface area (Å²) in [5.74, 6) is -0.0839. The van der Waals surface area contributed by atoms with E-state index >= 15 is 0 Å². The van der Waals surface area contributed by atoms with Crippen LogP contribution in [0.5, 0.6) is 0 Å². The molecular formula is C23H30FN4O2S+. The first-order valence-electron chi connectivity index (χ1n) is 10.4. The zero-order chi connectivity index (χ0) is 22.8. The van der Waals surface area contributed by atoms with Crippen molar-refractivity contribution in [1.82, 2.24) is 14.5 Å². The van der Waals surface area contributed by atoms with Gasteiger partial charge in [-0.1, -0.05) is 19.9 Å². The smallest absolute Gasteiger partial charge is 0.197 e. The van der Waals surface area contributed by atoms with Crippen LogP contribution in [0.3, 0.4) is 0 Å². The molecule has 3 heterocycles. The van der Waals surface area contributed by atoms with E-state index in [-0.39, 0.29) is 23.3 Å². The molecule has 0 saturated heterocycles. The molecule has 166 valence electrons. The topological polar surface area (TPSA) is 92.5 Å². The highest BCUT2D eigenvalue weighted by Crippen LogP contribution is 2.32. The van der Waals surface area contributed by atoms with E-state index in [0.29, 0.717) is 13.0 Å². The molecule has 0 spiro atoms. The molecule has 6 nitrogen and oxygen atoms in total. The summed E-state index contributed by atoms with van der Waals surface area (Å²) in [4.78, 5) is 8.79. The van der Waals surface area contributed by atoms with Crippen molar-refractivity contribution in [3.63, 3.8) is 0 Å². The predicted octanol–water partition coefficient (Wildman–Crippen LogP) is 3.42. The average molecular weight is 446 g/mol. The number of allylic oxidation sites excluding steroid dienone is 1. The summed E-state index contributed by atoms with van der Waals surface area (Å²) in [5, 5.41) is -0.446. The van der Waals surface area contributed by atoms with E-state index in [2.05, 4.69) is 29.5 Å². The molecular weight excluding hydrogens is 415 g/mol. The van der Waals surface area contributed by atoms with Crippen molar-refractivity contribution in [2.75, 3.05) is 6.54 Å². The number of hydrogen-bond donors (Lipinski definition) is 1. The van der Waals surface area contributed by atoms with Gasteiger partial charge in [0, 0.05) is 36.1 Å². The lowest BCUT2D eigenvalue weighted by Crippen LogP contribution is -2.49. The normalized spacial score (nSPS) is 13.0. The molecule has 3 N–H and O–H groups in total. The number of halogens is 1. The molecule has 0 aromatic carbocycles. The molecule has 0 amide bonds. The van der Waals surface area contributed by atoms with Crippen LogP contribution in [-0.2, 0) is 22.8 Å². The van der Waals surface area contributed by atoms with Gasteiger partial charge in [0.15, 0.2) is 14.9 Å². The fourth-order valence-corrected chi connectivity index (χ4v) is 4.71. The Bertz CT molecular complexity index is 1200. The number of quaternary nitrogens is 1. The largest absolute Gasteiger partial charge is 0.354 e. The molecule has 0 aliphatic carbocycles. The van der Waals surface area contributed by atoms with Crippen molar-refractivity contribution in [2.24, 2.45) is 0 Å². The van der Waals surface area contributed by atoms with Gasteiger partial charge in [0.25, 0.3) is 0 Å². The van der Waals surface area contributed by atoms with Crippen LogP contribution in [0.25, 0.3) is 11.0 Å². The number of pyridine rings is 2. The van der Waals surface area contributed by atoms with Crippen LogP contribution in [0, 0.1) is 0 Å². The van der Waals surface area contributed by atoms with Gasteiger partial charge in [-0.15, -0.1) is 0 Å². The highest BCUT2D eigenvalue weighted by molar-refractivity contribution is 7.91. The molecule has 3 aromatic rings. The van der Waals surface area contributed by atoms with E-state index < -0.39 is 15.1 Å². The molecule has 0 radical (unpaired) electrons. The van der Waals surface area contributed by atoms with Crippen molar-refractivity contribution in [1.29, 1.82) is 0 Å². The number of hydrogen-bond acceptors (Lipinski definition) is 4. The van der Waals surface area contributed by atoms with Crippen molar-refractivity contribution in [2.45, 2.75) is 56.9 Å². The summed E-state index contributed by atoms with van der Waals surface area (Å²) in [6.07, 6.45) is 5.36. The van der Waals surface area contributed by atoms with Crippen LogP contribution >= 0.6 is 0 Å². The van der Waals surface area contributed by atoms with Crippen molar-refractivity contribution >= 4 is 20.9 Å². The van der Waals surface area contributed by atoms with Gasteiger partial charge in [-0.2, -0.15) is 0 Å². The van der Waals surface area contributed by atoms with E-state index in [1.807, 2.05) is 16.7 Å². The maximum absolute atomic E-state index is 14.4. The third-order valence-corrected chi connectivity index (χ3v) is 7.34. The molecule has 0 fully saturated rings. The number of sulfone groups is 1. The number of fused-ring (bicyclic) bond motifs is 1. The highest BCUT2D eigenvalue weighted by Gasteiger charge is 2.23. The molecule has 0 atom stereocenters. The van der Waals surface area contributed by atoms with Crippen LogP contribution in [0.1, 0.15) is 50.4 Å². The summed E-state index contributed by atoms with van der Waals surface area (Å²) in [6, 6.07) is 7.15. The van der Waals surface area contributed by atoms with Crippen LogP contribution in [0.15, 0.2) is 53.6 Å². The second-order valence-corrected chi connectivity index (χ2v) is 10.6. The van der Waals surface area contributed by atoms with E-state index in [0.717, 1.165) is 27.9 Å². The molecule has 31 heavy (non-hydrogen) atoms. The number of nitrogens with zero attached hydrogens (tertiary/aromatic N) is 3. The standard InChI is InChI=1S/C23H29FN4O2S/c1-15(2)23-19(12-17-7-8-21(27-13-17)31(29,30)16(3)4)22-20(6-5-11-26-22)28(23)14-18(24)9-10-25/h5-9,11,13,15-16H,10,12,14,25H2,1-4H3/p+1/b18-9-. The summed E-state index contributed by atoms with van der Waals surface area (Å²) in [5.41, 5.74) is 8.30. The van der Waals surface area contributed by atoms with E-state index in [1.54, 1.807) is 38.4 Å². The fourth-order valence-electron chi connectivity index (χ4n) is 3.77. The zero-order valence-corrected chi connectivity index (χ0v) is 19.3. The van der Waals surface area contributed by atoms with Gasteiger partial charge in [0.2, 0.25) is 0 Å². The minimum atomic E-state index is -3.42. The first-order chi connectivity index (χ1) is 14.7. The predicted molar refractivity (Wildman–Crippen MR) is 120 cm³/mol. The van der Waals surface area contributed by atoms with E-state index in [9.17, 15) is 12.8 Å². The summed E-state index contributed by atoms with van der Waals surface area (Å²) in [7, 11) is -3.42. The Morgan fingerprint density at radius 3 is 2.52 bits per heavy atom.